The fourth-order valence-electron chi connectivity index (χ4n) is 6.01. The Morgan fingerprint density at radius 1 is 0.622 bits per heavy atom. The van der Waals surface area contributed by atoms with Crippen LogP contribution in [0.15, 0.2) is 120 Å². The zero-order chi connectivity index (χ0) is 25.0. The lowest BCUT2D eigenvalue weighted by atomic mass is 9.82. The number of rotatable bonds is 4. The van der Waals surface area contributed by atoms with Crippen molar-refractivity contribution in [1.29, 1.82) is 0 Å². The molecule has 0 fully saturated rings. The largest absolute Gasteiger partial charge is 0.320 e. The zero-order valence-electron chi connectivity index (χ0n) is 21.1. The summed E-state index contributed by atoms with van der Waals surface area (Å²) < 4.78 is 2.36. The van der Waals surface area contributed by atoms with Crippen molar-refractivity contribution in [3.8, 4) is 22.3 Å². The summed E-state index contributed by atoms with van der Waals surface area (Å²) in [6.45, 7) is 5.26. The Kier molecular flexibility index (Phi) is 4.90. The van der Waals surface area contributed by atoms with Gasteiger partial charge >= 0.3 is 0 Å². The average molecular weight is 477 g/mol. The van der Waals surface area contributed by atoms with Crippen molar-refractivity contribution in [2.45, 2.75) is 25.9 Å². The zero-order valence-corrected chi connectivity index (χ0v) is 21.1. The fraction of sp³-hybridized carbons (Fsp3) is 0.114. The minimum atomic E-state index is -0.0227. The Bertz CT molecular complexity index is 1800. The SMILES string of the molecule is CC1(C)c2ccccc2-c2cc3c4ccccc4n(C/N=C/c4ccc(-c5ccccc5)cc4)c3cc21. The second-order valence-electron chi connectivity index (χ2n) is 10.5. The number of benzene rings is 5. The van der Waals surface area contributed by atoms with E-state index in [9.17, 15) is 0 Å². The third kappa shape index (κ3) is 3.44. The summed E-state index contributed by atoms with van der Waals surface area (Å²) >= 11 is 0. The highest BCUT2D eigenvalue weighted by Crippen LogP contribution is 2.50. The van der Waals surface area contributed by atoms with Gasteiger partial charge in [0.2, 0.25) is 0 Å². The normalized spacial score (nSPS) is 13.9. The fourth-order valence-corrected chi connectivity index (χ4v) is 6.01. The molecule has 1 aromatic heterocycles. The molecule has 0 atom stereocenters. The number of fused-ring (bicyclic) bond motifs is 6. The van der Waals surface area contributed by atoms with Crippen LogP contribution in [0.2, 0.25) is 0 Å². The molecular formula is C35H28N2. The van der Waals surface area contributed by atoms with Gasteiger partial charge in [-0.25, -0.2) is 0 Å². The highest BCUT2D eigenvalue weighted by Gasteiger charge is 2.35. The van der Waals surface area contributed by atoms with Crippen LogP contribution in [-0.2, 0) is 12.1 Å². The smallest absolute Gasteiger partial charge is 0.114 e. The number of hydrogen-bond donors (Lipinski definition) is 0. The van der Waals surface area contributed by atoms with Crippen LogP contribution in [0.3, 0.4) is 0 Å². The Morgan fingerprint density at radius 2 is 1.32 bits per heavy atom. The summed E-state index contributed by atoms with van der Waals surface area (Å²) in [5, 5.41) is 2.58. The van der Waals surface area contributed by atoms with Gasteiger partial charge in [-0.15, -0.1) is 0 Å². The van der Waals surface area contributed by atoms with Crippen molar-refractivity contribution in [2.24, 2.45) is 4.99 Å². The first-order chi connectivity index (χ1) is 18.1. The van der Waals surface area contributed by atoms with Gasteiger partial charge in [0.1, 0.15) is 6.67 Å². The van der Waals surface area contributed by atoms with E-state index in [1.54, 1.807) is 0 Å². The van der Waals surface area contributed by atoms with Gasteiger partial charge in [-0.3, -0.25) is 4.99 Å². The van der Waals surface area contributed by atoms with Crippen molar-refractivity contribution in [1.82, 2.24) is 4.57 Å². The molecule has 6 aromatic rings. The highest BCUT2D eigenvalue weighted by atomic mass is 15.1. The highest BCUT2D eigenvalue weighted by molar-refractivity contribution is 6.10. The summed E-state index contributed by atoms with van der Waals surface area (Å²) in [5.41, 5.74) is 11.5. The van der Waals surface area contributed by atoms with Crippen molar-refractivity contribution >= 4 is 28.0 Å². The summed E-state index contributed by atoms with van der Waals surface area (Å²) in [4.78, 5) is 4.89. The topological polar surface area (TPSA) is 17.3 Å². The van der Waals surface area contributed by atoms with Crippen LogP contribution in [0.25, 0.3) is 44.1 Å². The molecule has 5 aromatic carbocycles. The van der Waals surface area contributed by atoms with Crippen molar-refractivity contribution in [3.63, 3.8) is 0 Å². The number of nitrogens with zero attached hydrogens (tertiary/aromatic N) is 2. The Labute approximate surface area is 217 Å². The van der Waals surface area contributed by atoms with E-state index >= 15 is 0 Å². The van der Waals surface area contributed by atoms with E-state index in [1.807, 2.05) is 12.3 Å². The minimum Gasteiger partial charge on any atom is -0.320 e. The first-order valence-electron chi connectivity index (χ1n) is 12.9. The predicted octanol–water partition coefficient (Wildman–Crippen LogP) is 8.84. The molecule has 0 N–H and O–H groups in total. The van der Waals surface area contributed by atoms with Gasteiger partial charge in [-0.05, 0) is 57.1 Å². The molecule has 0 saturated carbocycles. The Morgan fingerprint density at radius 3 is 2.16 bits per heavy atom. The van der Waals surface area contributed by atoms with Crippen molar-refractivity contribution in [2.75, 3.05) is 0 Å². The van der Waals surface area contributed by atoms with E-state index in [2.05, 4.69) is 128 Å². The molecule has 2 nitrogen and oxygen atoms in total. The lowest BCUT2D eigenvalue weighted by Crippen LogP contribution is -2.15. The van der Waals surface area contributed by atoms with Gasteiger partial charge in [-0.1, -0.05) is 111 Å². The molecule has 37 heavy (non-hydrogen) atoms. The van der Waals surface area contributed by atoms with Gasteiger partial charge in [0.15, 0.2) is 0 Å². The van der Waals surface area contributed by atoms with Crippen molar-refractivity contribution < 1.29 is 0 Å². The van der Waals surface area contributed by atoms with Crippen LogP contribution in [0.1, 0.15) is 30.5 Å². The molecule has 1 aliphatic carbocycles. The maximum atomic E-state index is 4.89. The van der Waals surface area contributed by atoms with E-state index < -0.39 is 0 Å². The molecule has 0 aliphatic heterocycles. The Balaban J connectivity index is 1.28. The van der Waals surface area contributed by atoms with Crippen LogP contribution in [-0.4, -0.2) is 10.8 Å². The van der Waals surface area contributed by atoms with E-state index in [1.165, 1.54) is 55.2 Å². The molecule has 0 saturated heterocycles. The second kappa shape index (κ2) is 8.31. The second-order valence-corrected chi connectivity index (χ2v) is 10.5. The van der Waals surface area contributed by atoms with Gasteiger partial charge in [0, 0.05) is 22.4 Å². The minimum absolute atomic E-state index is 0.0227. The molecule has 0 unspecified atom stereocenters. The lowest BCUT2D eigenvalue weighted by molar-refractivity contribution is 0.660. The summed E-state index contributed by atoms with van der Waals surface area (Å²) in [6, 6.07) is 41.5. The molecule has 1 aliphatic rings. The number of para-hydroxylation sites is 1. The number of hydrogen-bond acceptors (Lipinski definition) is 1. The summed E-state index contributed by atoms with van der Waals surface area (Å²) in [7, 11) is 0. The molecule has 0 amide bonds. The molecule has 0 radical (unpaired) electrons. The van der Waals surface area contributed by atoms with E-state index in [4.69, 9.17) is 4.99 Å². The van der Waals surface area contributed by atoms with Gasteiger partial charge < -0.3 is 4.57 Å². The van der Waals surface area contributed by atoms with Gasteiger partial charge in [0.05, 0.1) is 11.0 Å². The van der Waals surface area contributed by atoms with Crippen LogP contribution < -0.4 is 0 Å². The van der Waals surface area contributed by atoms with Gasteiger partial charge in [-0.2, -0.15) is 0 Å². The molecule has 2 heteroatoms. The van der Waals surface area contributed by atoms with Crippen LogP contribution >= 0.6 is 0 Å². The van der Waals surface area contributed by atoms with E-state index in [0.29, 0.717) is 6.67 Å². The number of aromatic nitrogens is 1. The standard InChI is InChI=1S/C35H28N2/c1-35(2)31-14-8-6-12-27(31)29-20-30-28-13-7-9-15-33(28)37(34(30)21-32(29)35)23-36-22-24-16-18-26(19-17-24)25-10-4-3-5-11-25/h3-22H,23H2,1-2H3/b36-22+. The summed E-state index contributed by atoms with van der Waals surface area (Å²) in [5.74, 6) is 0. The first-order valence-corrected chi connectivity index (χ1v) is 12.9. The first kappa shape index (κ1) is 21.8. The maximum absolute atomic E-state index is 4.89. The molecule has 7 rings (SSSR count). The lowest BCUT2D eigenvalue weighted by Gasteiger charge is -2.21. The monoisotopic (exact) mass is 476 g/mol. The third-order valence-corrected chi connectivity index (χ3v) is 7.96. The average Bonchev–Trinajstić information content (AvgIpc) is 3.37. The molecule has 0 spiro atoms. The number of aliphatic imine (C=N–C) groups is 1. The van der Waals surface area contributed by atoms with Crippen molar-refractivity contribution in [3.05, 3.63) is 132 Å². The summed E-state index contributed by atoms with van der Waals surface area (Å²) in [6.07, 6.45) is 1.99. The predicted molar refractivity (Wildman–Crippen MR) is 156 cm³/mol. The molecular weight excluding hydrogens is 448 g/mol. The van der Waals surface area contributed by atoms with E-state index in [0.717, 1.165) is 5.56 Å². The molecule has 0 bridgehead atoms. The quantitative estimate of drug-likeness (QED) is 0.226. The van der Waals surface area contributed by atoms with Crippen LogP contribution in [0.4, 0.5) is 0 Å². The van der Waals surface area contributed by atoms with E-state index in [-0.39, 0.29) is 5.41 Å². The van der Waals surface area contributed by atoms with Crippen LogP contribution in [0.5, 0.6) is 0 Å². The molecule has 178 valence electrons. The Hall–Kier alpha value is -4.43. The third-order valence-electron chi connectivity index (χ3n) is 7.96. The maximum Gasteiger partial charge on any atom is 0.114 e. The van der Waals surface area contributed by atoms with Crippen LogP contribution in [0, 0.1) is 0 Å². The van der Waals surface area contributed by atoms with Gasteiger partial charge in [0.25, 0.3) is 0 Å². The molecule has 1 heterocycles.